The highest BCUT2D eigenvalue weighted by molar-refractivity contribution is 6.04. The van der Waals surface area contributed by atoms with Gasteiger partial charge in [0.05, 0.1) is 5.39 Å². The second-order valence-electron chi connectivity index (χ2n) is 3.84. The first-order valence-corrected chi connectivity index (χ1v) is 5.07. The van der Waals surface area contributed by atoms with Gasteiger partial charge in [0.25, 0.3) is 0 Å². The lowest BCUT2D eigenvalue weighted by Crippen LogP contribution is -2.00. The molecule has 1 heterocycles. The van der Waals surface area contributed by atoms with E-state index in [1.54, 1.807) is 18.2 Å². The van der Waals surface area contributed by atoms with Crippen molar-refractivity contribution in [3.8, 4) is 0 Å². The molecule has 0 bridgehead atoms. The van der Waals surface area contributed by atoms with E-state index in [-0.39, 0.29) is 5.82 Å². The first-order valence-electron chi connectivity index (χ1n) is 5.07. The molecule has 0 unspecified atom stereocenters. The van der Waals surface area contributed by atoms with Gasteiger partial charge in [0.1, 0.15) is 11.4 Å². The molecule has 0 amide bonds. The van der Waals surface area contributed by atoms with Crippen LogP contribution in [0.15, 0.2) is 45.6 Å². The number of benzene rings is 2. The van der Waals surface area contributed by atoms with Gasteiger partial charge in [-0.1, -0.05) is 0 Å². The first-order chi connectivity index (χ1) is 8.15. The predicted molar refractivity (Wildman–Crippen MR) is 64.4 cm³/mol. The minimum absolute atomic E-state index is 0.365. The minimum atomic E-state index is -0.488. The van der Waals surface area contributed by atoms with E-state index in [9.17, 15) is 9.18 Å². The third-order valence-electron chi connectivity index (χ3n) is 2.70. The molecule has 17 heavy (non-hydrogen) atoms. The fraction of sp³-hybridized carbons (Fsp3) is 0. The van der Waals surface area contributed by atoms with Gasteiger partial charge in [0.15, 0.2) is 0 Å². The molecule has 2 aromatic carbocycles. The van der Waals surface area contributed by atoms with Gasteiger partial charge < -0.3 is 10.2 Å². The number of nitrogen functional groups attached to an aromatic ring is 1. The number of nitrogens with two attached hydrogens (primary N) is 1. The van der Waals surface area contributed by atoms with Gasteiger partial charge >= 0.3 is 5.63 Å². The highest BCUT2D eigenvalue weighted by atomic mass is 19.1. The normalized spacial score (nSPS) is 11.1. The van der Waals surface area contributed by atoms with E-state index in [1.807, 2.05) is 0 Å². The van der Waals surface area contributed by atoms with Crippen LogP contribution in [0.1, 0.15) is 0 Å². The van der Waals surface area contributed by atoms with E-state index in [2.05, 4.69) is 0 Å². The van der Waals surface area contributed by atoms with Gasteiger partial charge in [-0.2, -0.15) is 0 Å². The molecule has 1 aromatic heterocycles. The van der Waals surface area contributed by atoms with Crippen LogP contribution in [0.25, 0.3) is 21.7 Å². The van der Waals surface area contributed by atoms with Crippen LogP contribution in [-0.4, -0.2) is 0 Å². The van der Waals surface area contributed by atoms with E-state index < -0.39 is 5.63 Å². The molecular weight excluding hydrogens is 221 g/mol. The summed E-state index contributed by atoms with van der Waals surface area (Å²) >= 11 is 0. The average Bonchev–Trinajstić information content (AvgIpc) is 2.28. The summed E-state index contributed by atoms with van der Waals surface area (Å²) < 4.78 is 18.4. The highest BCUT2D eigenvalue weighted by Gasteiger charge is 2.08. The molecule has 84 valence electrons. The summed E-state index contributed by atoms with van der Waals surface area (Å²) in [5, 5.41) is 1.58. The number of fused-ring (bicyclic) bond motifs is 3. The lowest BCUT2D eigenvalue weighted by molar-refractivity contribution is 0.569. The third-order valence-corrected chi connectivity index (χ3v) is 2.70. The van der Waals surface area contributed by atoms with Crippen LogP contribution in [-0.2, 0) is 0 Å². The molecular formula is C13H8FNO2. The molecule has 3 aromatic rings. The zero-order chi connectivity index (χ0) is 12.0. The summed E-state index contributed by atoms with van der Waals surface area (Å²) in [5.41, 5.74) is 5.99. The smallest absolute Gasteiger partial charge is 0.344 e. The molecule has 2 N–H and O–H groups in total. The largest absolute Gasteiger partial charge is 0.422 e. The molecule has 0 aliphatic carbocycles. The maximum Gasteiger partial charge on any atom is 0.344 e. The number of anilines is 1. The van der Waals surface area contributed by atoms with Crippen molar-refractivity contribution in [3.05, 3.63) is 52.6 Å². The second-order valence-corrected chi connectivity index (χ2v) is 3.84. The quantitative estimate of drug-likeness (QED) is 0.366. The Morgan fingerprint density at radius 2 is 1.76 bits per heavy atom. The Kier molecular flexibility index (Phi) is 1.92. The maximum atomic E-state index is 13.2. The van der Waals surface area contributed by atoms with Crippen molar-refractivity contribution in [1.82, 2.24) is 0 Å². The number of hydrogen-bond acceptors (Lipinski definition) is 3. The monoisotopic (exact) mass is 229 g/mol. The molecule has 0 fully saturated rings. The zero-order valence-corrected chi connectivity index (χ0v) is 8.74. The Bertz CT molecular complexity index is 792. The molecule has 0 atom stereocenters. The van der Waals surface area contributed by atoms with Crippen molar-refractivity contribution in [2.45, 2.75) is 0 Å². The van der Waals surface area contributed by atoms with Crippen molar-refractivity contribution >= 4 is 27.4 Å². The summed E-state index contributed by atoms with van der Waals surface area (Å²) in [6.07, 6.45) is 0. The van der Waals surface area contributed by atoms with E-state index in [4.69, 9.17) is 10.2 Å². The van der Waals surface area contributed by atoms with Crippen LogP contribution in [0.3, 0.4) is 0 Å². The second kappa shape index (κ2) is 3.31. The number of halogens is 1. The highest BCUT2D eigenvalue weighted by Crippen LogP contribution is 2.24. The van der Waals surface area contributed by atoms with Crippen molar-refractivity contribution in [2.24, 2.45) is 0 Å². The van der Waals surface area contributed by atoms with Crippen LogP contribution in [0.4, 0.5) is 10.1 Å². The summed E-state index contributed by atoms with van der Waals surface area (Å²) in [5.74, 6) is -0.388. The average molecular weight is 229 g/mol. The van der Waals surface area contributed by atoms with Crippen molar-refractivity contribution in [2.75, 3.05) is 5.73 Å². The van der Waals surface area contributed by atoms with Crippen LogP contribution >= 0.6 is 0 Å². The molecule has 3 nitrogen and oxygen atoms in total. The SMILES string of the molecule is Nc1ccc2c(c1)oc(=O)c1ccc(F)cc12. The Labute approximate surface area is 95.3 Å². The minimum Gasteiger partial charge on any atom is -0.422 e. The lowest BCUT2D eigenvalue weighted by atomic mass is 10.1. The van der Waals surface area contributed by atoms with Gasteiger partial charge in [-0.3, -0.25) is 0 Å². The molecule has 0 aliphatic rings. The van der Waals surface area contributed by atoms with Gasteiger partial charge in [-0.05, 0) is 30.3 Å². The molecule has 0 radical (unpaired) electrons. The van der Waals surface area contributed by atoms with Gasteiger partial charge in [-0.15, -0.1) is 0 Å². The molecule has 0 saturated carbocycles. The Balaban J connectivity index is 2.62. The third kappa shape index (κ3) is 1.45. The Morgan fingerprint density at radius 3 is 2.59 bits per heavy atom. The predicted octanol–water partition coefficient (Wildman–Crippen LogP) is 2.67. The summed E-state index contributed by atoms with van der Waals surface area (Å²) in [6, 6.07) is 8.95. The summed E-state index contributed by atoms with van der Waals surface area (Å²) in [7, 11) is 0. The van der Waals surface area contributed by atoms with Crippen molar-refractivity contribution in [3.63, 3.8) is 0 Å². The van der Waals surface area contributed by atoms with Crippen molar-refractivity contribution in [1.29, 1.82) is 0 Å². The summed E-state index contributed by atoms with van der Waals surface area (Å²) in [6.45, 7) is 0. The van der Waals surface area contributed by atoms with Crippen LogP contribution in [0, 0.1) is 5.82 Å². The van der Waals surface area contributed by atoms with Crippen LogP contribution < -0.4 is 11.4 Å². The topological polar surface area (TPSA) is 56.2 Å². The Morgan fingerprint density at radius 1 is 1.00 bits per heavy atom. The number of hydrogen-bond donors (Lipinski definition) is 1. The van der Waals surface area contributed by atoms with E-state index in [0.29, 0.717) is 27.4 Å². The molecule has 4 heteroatoms. The van der Waals surface area contributed by atoms with E-state index in [1.165, 1.54) is 18.2 Å². The van der Waals surface area contributed by atoms with Gasteiger partial charge in [-0.25, -0.2) is 9.18 Å². The molecule has 0 aliphatic heterocycles. The molecule has 0 saturated heterocycles. The van der Waals surface area contributed by atoms with Gasteiger partial charge in [0, 0.05) is 22.5 Å². The van der Waals surface area contributed by atoms with Crippen LogP contribution in [0.2, 0.25) is 0 Å². The van der Waals surface area contributed by atoms with E-state index in [0.717, 1.165) is 0 Å². The standard InChI is InChI=1S/C13H8FNO2/c14-7-1-3-10-11(5-7)9-4-2-8(15)6-12(9)17-13(10)16/h1-6H,15H2. The zero-order valence-electron chi connectivity index (χ0n) is 8.74. The number of rotatable bonds is 0. The Hall–Kier alpha value is -2.36. The van der Waals surface area contributed by atoms with Gasteiger partial charge in [0.2, 0.25) is 0 Å². The van der Waals surface area contributed by atoms with E-state index >= 15 is 0 Å². The fourth-order valence-corrected chi connectivity index (χ4v) is 1.92. The lowest BCUT2D eigenvalue weighted by Gasteiger charge is -2.03. The first kappa shape index (κ1) is 9.84. The molecule has 3 rings (SSSR count). The maximum absolute atomic E-state index is 13.2. The summed E-state index contributed by atoms with van der Waals surface area (Å²) in [4.78, 5) is 11.7. The van der Waals surface area contributed by atoms with Crippen molar-refractivity contribution < 1.29 is 8.81 Å². The molecule has 0 spiro atoms. The van der Waals surface area contributed by atoms with Crippen LogP contribution in [0.5, 0.6) is 0 Å². The fourth-order valence-electron chi connectivity index (χ4n) is 1.92.